The van der Waals surface area contributed by atoms with Crippen molar-refractivity contribution in [3.05, 3.63) is 78.2 Å². The van der Waals surface area contributed by atoms with Gasteiger partial charge >= 0.3 is 0 Å². The lowest BCUT2D eigenvalue weighted by atomic mass is 10.2. The van der Waals surface area contributed by atoms with Crippen LogP contribution in [0.15, 0.2) is 67.1 Å². The van der Waals surface area contributed by atoms with E-state index in [0.717, 1.165) is 30.2 Å². The van der Waals surface area contributed by atoms with Crippen molar-refractivity contribution in [2.75, 3.05) is 23.8 Å². The zero-order chi connectivity index (χ0) is 20.6. The molecule has 6 nitrogen and oxygen atoms in total. The number of carbonyl (C=O) groups is 1. The number of benzene rings is 1. The van der Waals surface area contributed by atoms with Gasteiger partial charge in [-0.15, -0.1) is 0 Å². The van der Waals surface area contributed by atoms with Gasteiger partial charge in [0.15, 0.2) is 0 Å². The van der Waals surface area contributed by atoms with Crippen molar-refractivity contribution in [2.45, 2.75) is 26.4 Å². The third-order valence-corrected chi connectivity index (χ3v) is 4.37. The van der Waals surface area contributed by atoms with Crippen molar-refractivity contribution < 1.29 is 9.53 Å². The molecule has 0 fully saturated rings. The average molecular weight is 390 g/mol. The van der Waals surface area contributed by atoms with Gasteiger partial charge in [-0.1, -0.05) is 0 Å². The van der Waals surface area contributed by atoms with E-state index in [1.807, 2.05) is 62.2 Å². The standard InChI is InChI=1S/C23H26N4O2/c1-17(2)29-21-6-4-20(5-7-21)26-23(28)19-10-14-25-22(16-19)27(3)15-11-18-8-12-24-13-9-18/h4-10,12-14,16-17H,11,15H2,1-3H3,(H,26,28). The molecule has 0 aliphatic heterocycles. The molecule has 0 radical (unpaired) electrons. The van der Waals surface area contributed by atoms with Crippen LogP contribution in [0.2, 0.25) is 0 Å². The minimum absolute atomic E-state index is 0.112. The molecule has 2 heterocycles. The first-order valence-electron chi connectivity index (χ1n) is 9.65. The molecule has 0 saturated heterocycles. The van der Waals surface area contributed by atoms with Gasteiger partial charge < -0.3 is 15.0 Å². The molecule has 0 atom stereocenters. The van der Waals surface area contributed by atoms with E-state index in [1.54, 1.807) is 30.7 Å². The molecule has 3 rings (SSSR count). The van der Waals surface area contributed by atoms with Crippen LogP contribution >= 0.6 is 0 Å². The summed E-state index contributed by atoms with van der Waals surface area (Å²) in [6.07, 6.45) is 6.23. The predicted octanol–water partition coefficient (Wildman–Crippen LogP) is 4.20. The molecule has 29 heavy (non-hydrogen) atoms. The van der Waals surface area contributed by atoms with Crippen LogP contribution in [0.5, 0.6) is 5.75 Å². The molecule has 1 amide bonds. The Kier molecular flexibility index (Phi) is 6.79. The Hall–Kier alpha value is -3.41. The molecule has 6 heteroatoms. The van der Waals surface area contributed by atoms with Gasteiger partial charge in [0.25, 0.3) is 5.91 Å². The first-order valence-corrected chi connectivity index (χ1v) is 9.65. The minimum Gasteiger partial charge on any atom is -0.491 e. The van der Waals surface area contributed by atoms with E-state index in [9.17, 15) is 4.79 Å². The fourth-order valence-corrected chi connectivity index (χ4v) is 2.82. The van der Waals surface area contributed by atoms with E-state index in [2.05, 4.69) is 15.3 Å². The highest BCUT2D eigenvalue weighted by Crippen LogP contribution is 2.18. The summed E-state index contributed by atoms with van der Waals surface area (Å²) in [5.74, 6) is 1.36. The Morgan fingerprint density at radius 1 is 1.07 bits per heavy atom. The van der Waals surface area contributed by atoms with Crippen LogP contribution in [0, 0.1) is 0 Å². The number of anilines is 2. The summed E-state index contributed by atoms with van der Waals surface area (Å²) in [6, 6.07) is 14.9. The van der Waals surface area contributed by atoms with Crippen molar-refractivity contribution in [3.8, 4) is 5.75 Å². The van der Waals surface area contributed by atoms with Crippen LogP contribution in [0.4, 0.5) is 11.5 Å². The Morgan fingerprint density at radius 2 is 1.79 bits per heavy atom. The normalized spacial score (nSPS) is 10.6. The molecule has 3 aromatic rings. The van der Waals surface area contributed by atoms with Gasteiger partial charge in [0, 0.05) is 43.4 Å². The molecule has 0 unspecified atom stereocenters. The van der Waals surface area contributed by atoms with Crippen LogP contribution in [0.1, 0.15) is 29.8 Å². The van der Waals surface area contributed by atoms with Crippen LogP contribution in [-0.2, 0) is 6.42 Å². The maximum Gasteiger partial charge on any atom is 0.255 e. The Labute approximate surface area is 171 Å². The van der Waals surface area contributed by atoms with Crippen molar-refractivity contribution in [2.24, 2.45) is 0 Å². The molecule has 0 spiro atoms. The molecule has 150 valence electrons. The third kappa shape index (κ3) is 6.04. The van der Waals surface area contributed by atoms with Gasteiger partial charge in [-0.2, -0.15) is 0 Å². The summed E-state index contributed by atoms with van der Waals surface area (Å²) in [6.45, 7) is 4.75. The number of rotatable bonds is 8. The number of hydrogen-bond donors (Lipinski definition) is 1. The zero-order valence-electron chi connectivity index (χ0n) is 17.0. The second kappa shape index (κ2) is 9.68. The lowest BCUT2D eigenvalue weighted by Crippen LogP contribution is -2.22. The number of likely N-dealkylation sites (N-methyl/N-ethyl adjacent to an activating group) is 1. The van der Waals surface area contributed by atoms with E-state index in [0.29, 0.717) is 5.56 Å². The minimum atomic E-state index is -0.172. The third-order valence-electron chi connectivity index (χ3n) is 4.37. The second-order valence-corrected chi connectivity index (χ2v) is 7.07. The summed E-state index contributed by atoms with van der Waals surface area (Å²) in [7, 11) is 1.97. The monoisotopic (exact) mass is 390 g/mol. The average Bonchev–Trinajstić information content (AvgIpc) is 2.74. The summed E-state index contributed by atoms with van der Waals surface area (Å²) in [5, 5.41) is 2.92. The molecule has 0 aliphatic carbocycles. The van der Waals surface area contributed by atoms with Crippen LogP contribution in [-0.4, -0.2) is 35.6 Å². The summed E-state index contributed by atoms with van der Waals surface area (Å²) >= 11 is 0. The topological polar surface area (TPSA) is 67.3 Å². The molecule has 2 aromatic heterocycles. The van der Waals surface area contributed by atoms with Crippen LogP contribution in [0.3, 0.4) is 0 Å². The highest BCUT2D eigenvalue weighted by molar-refractivity contribution is 6.04. The Bertz CT molecular complexity index is 927. The second-order valence-electron chi connectivity index (χ2n) is 7.07. The number of aromatic nitrogens is 2. The van der Waals surface area contributed by atoms with Gasteiger partial charge in [0.1, 0.15) is 11.6 Å². The van der Waals surface area contributed by atoms with Gasteiger partial charge in [0.2, 0.25) is 0 Å². The first-order chi connectivity index (χ1) is 14.0. The lowest BCUT2D eigenvalue weighted by molar-refractivity contribution is 0.102. The predicted molar refractivity (Wildman–Crippen MR) is 116 cm³/mol. The summed E-state index contributed by atoms with van der Waals surface area (Å²) in [5.41, 5.74) is 2.49. The number of nitrogens with zero attached hydrogens (tertiary/aromatic N) is 3. The Balaban J connectivity index is 1.61. The molecular formula is C23H26N4O2. The van der Waals surface area contributed by atoms with Crippen molar-refractivity contribution in [1.82, 2.24) is 9.97 Å². The smallest absolute Gasteiger partial charge is 0.255 e. The van der Waals surface area contributed by atoms with E-state index >= 15 is 0 Å². The largest absolute Gasteiger partial charge is 0.491 e. The number of pyridine rings is 2. The molecule has 1 N–H and O–H groups in total. The van der Waals surface area contributed by atoms with Gasteiger partial charge in [0.05, 0.1) is 6.10 Å². The van der Waals surface area contributed by atoms with Crippen molar-refractivity contribution in [3.63, 3.8) is 0 Å². The fraction of sp³-hybridized carbons (Fsp3) is 0.261. The van der Waals surface area contributed by atoms with Crippen LogP contribution < -0.4 is 15.0 Å². The maximum absolute atomic E-state index is 12.6. The lowest BCUT2D eigenvalue weighted by Gasteiger charge is -2.18. The van der Waals surface area contributed by atoms with Crippen LogP contribution in [0.25, 0.3) is 0 Å². The van der Waals surface area contributed by atoms with E-state index in [4.69, 9.17) is 4.74 Å². The van der Waals surface area contributed by atoms with Crippen molar-refractivity contribution in [1.29, 1.82) is 0 Å². The van der Waals surface area contributed by atoms with Gasteiger partial charge in [-0.25, -0.2) is 4.98 Å². The highest BCUT2D eigenvalue weighted by atomic mass is 16.5. The SMILES string of the molecule is CC(C)Oc1ccc(NC(=O)c2ccnc(N(C)CCc3ccncc3)c2)cc1. The van der Waals surface area contributed by atoms with Gasteiger partial charge in [-0.05, 0) is 74.4 Å². The fourth-order valence-electron chi connectivity index (χ4n) is 2.82. The highest BCUT2D eigenvalue weighted by Gasteiger charge is 2.10. The van der Waals surface area contributed by atoms with E-state index in [-0.39, 0.29) is 12.0 Å². The molecule has 0 saturated carbocycles. The molecule has 0 aliphatic rings. The first kappa shape index (κ1) is 20.3. The number of ether oxygens (including phenoxy) is 1. The summed E-state index contributed by atoms with van der Waals surface area (Å²) < 4.78 is 5.63. The number of hydrogen-bond acceptors (Lipinski definition) is 5. The Morgan fingerprint density at radius 3 is 2.48 bits per heavy atom. The molecule has 0 bridgehead atoms. The van der Waals surface area contributed by atoms with Gasteiger partial charge in [-0.3, -0.25) is 9.78 Å². The number of amides is 1. The summed E-state index contributed by atoms with van der Waals surface area (Å²) in [4.78, 5) is 23.1. The molecular weight excluding hydrogens is 364 g/mol. The maximum atomic E-state index is 12.6. The van der Waals surface area contributed by atoms with E-state index in [1.165, 1.54) is 5.56 Å². The quantitative estimate of drug-likeness (QED) is 0.624. The molecule has 1 aromatic carbocycles. The number of carbonyl (C=O) groups excluding carboxylic acids is 1. The number of nitrogens with one attached hydrogen (secondary N) is 1. The van der Waals surface area contributed by atoms with Crippen molar-refractivity contribution >= 4 is 17.4 Å². The zero-order valence-corrected chi connectivity index (χ0v) is 17.0. The van der Waals surface area contributed by atoms with E-state index < -0.39 is 0 Å².